The third-order valence-corrected chi connectivity index (χ3v) is 4.21. The Morgan fingerprint density at radius 3 is 2.90 bits per heavy atom. The number of carbonyl (C=O) groups is 2. The zero-order valence-electron chi connectivity index (χ0n) is 12.0. The Hall–Kier alpha value is -1.14. The highest BCUT2D eigenvalue weighted by molar-refractivity contribution is 5.89. The van der Waals surface area contributed by atoms with Crippen LogP contribution < -0.4 is 5.32 Å². The maximum Gasteiger partial charge on any atom is 0.225 e. The van der Waals surface area contributed by atoms with Crippen molar-refractivity contribution in [3.8, 4) is 0 Å². The van der Waals surface area contributed by atoms with Gasteiger partial charge in [0, 0.05) is 26.6 Å². The second kappa shape index (κ2) is 7.04. The number of rotatable bonds is 5. The van der Waals surface area contributed by atoms with Gasteiger partial charge in [0.05, 0.1) is 24.7 Å². The Kier molecular flexibility index (Phi) is 5.37. The first-order valence-corrected chi connectivity index (χ1v) is 7.37. The van der Waals surface area contributed by atoms with E-state index in [-0.39, 0.29) is 30.2 Å². The topological polar surface area (TPSA) is 78.9 Å². The monoisotopic (exact) mass is 284 g/mol. The SMILES string of the molecule is COCCN1CC(C(=O)N[C@@H]2CCCC[C@H]2O)CC1=O. The third kappa shape index (κ3) is 3.70. The first kappa shape index (κ1) is 15.3. The number of methoxy groups -OCH3 is 1. The molecule has 0 spiro atoms. The van der Waals surface area contributed by atoms with E-state index in [0.29, 0.717) is 19.7 Å². The highest BCUT2D eigenvalue weighted by Crippen LogP contribution is 2.21. The second-order valence-corrected chi connectivity index (χ2v) is 5.70. The predicted molar refractivity (Wildman–Crippen MR) is 73.0 cm³/mol. The summed E-state index contributed by atoms with van der Waals surface area (Å²) in [6.45, 7) is 1.48. The van der Waals surface area contributed by atoms with Crippen molar-refractivity contribution in [3.63, 3.8) is 0 Å². The first-order chi connectivity index (χ1) is 9.61. The lowest BCUT2D eigenvalue weighted by Gasteiger charge is -2.29. The van der Waals surface area contributed by atoms with Gasteiger partial charge in [0.25, 0.3) is 0 Å². The molecule has 2 fully saturated rings. The number of ether oxygens (including phenoxy) is 1. The van der Waals surface area contributed by atoms with Gasteiger partial charge < -0.3 is 20.1 Å². The number of nitrogens with zero attached hydrogens (tertiary/aromatic N) is 1. The summed E-state index contributed by atoms with van der Waals surface area (Å²) in [4.78, 5) is 25.7. The van der Waals surface area contributed by atoms with Crippen LogP contribution in [-0.4, -0.2) is 60.8 Å². The van der Waals surface area contributed by atoms with Crippen molar-refractivity contribution in [1.82, 2.24) is 10.2 Å². The number of nitrogens with one attached hydrogen (secondary N) is 1. The van der Waals surface area contributed by atoms with Crippen molar-refractivity contribution >= 4 is 11.8 Å². The molecule has 2 N–H and O–H groups in total. The molecule has 2 amide bonds. The summed E-state index contributed by atoms with van der Waals surface area (Å²) in [6.07, 6.45) is 3.43. The van der Waals surface area contributed by atoms with Crippen LogP contribution in [-0.2, 0) is 14.3 Å². The van der Waals surface area contributed by atoms with E-state index in [4.69, 9.17) is 4.74 Å². The number of carbonyl (C=O) groups excluding carboxylic acids is 2. The fourth-order valence-corrected chi connectivity index (χ4v) is 2.95. The maximum absolute atomic E-state index is 12.2. The number of hydrogen-bond acceptors (Lipinski definition) is 4. The lowest BCUT2D eigenvalue weighted by atomic mass is 9.92. The van der Waals surface area contributed by atoms with E-state index in [0.717, 1.165) is 25.7 Å². The van der Waals surface area contributed by atoms with Gasteiger partial charge in [0.2, 0.25) is 11.8 Å². The standard InChI is InChI=1S/C14H24N2O4/c1-20-7-6-16-9-10(8-13(16)18)14(19)15-11-4-2-3-5-12(11)17/h10-12,17H,2-9H2,1H3,(H,15,19)/t10?,11-,12-/m1/s1. The summed E-state index contributed by atoms with van der Waals surface area (Å²) in [7, 11) is 1.59. The number of likely N-dealkylation sites (tertiary alicyclic amines) is 1. The summed E-state index contributed by atoms with van der Waals surface area (Å²) < 4.78 is 4.96. The number of amides is 2. The molecule has 1 saturated heterocycles. The number of hydrogen-bond donors (Lipinski definition) is 2. The van der Waals surface area contributed by atoms with Crippen LogP contribution in [0.3, 0.4) is 0 Å². The van der Waals surface area contributed by atoms with Gasteiger partial charge in [-0.05, 0) is 12.8 Å². The van der Waals surface area contributed by atoms with Crippen molar-refractivity contribution in [2.24, 2.45) is 5.92 Å². The molecule has 6 nitrogen and oxygen atoms in total. The van der Waals surface area contributed by atoms with Gasteiger partial charge in [-0.15, -0.1) is 0 Å². The lowest BCUT2D eigenvalue weighted by molar-refractivity contribution is -0.129. The van der Waals surface area contributed by atoms with Crippen molar-refractivity contribution < 1.29 is 19.4 Å². The zero-order chi connectivity index (χ0) is 14.5. The van der Waals surface area contributed by atoms with Crippen LogP contribution in [0.15, 0.2) is 0 Å². The molecular weight excluding hydrogens is 260 g/mol. The molecule has 114 valence electrons. The van der Waals surface area contributed by atoms with E-state index >= 15 is 0 Å². The van der Waals surface area contributed by atoms with E-state index in [1.165, 1.54) is 0 Å². The van der Waals surface area contributed by atoms with Crippen molar-refractivity contribution in [1.29, 1.82) is 0 Å². The fraction of sp³-hybridized carbons (Fsp3) is 0.857. The summed E-state index contributed by atoms with van der Waals surface area (Å²) in [5, 5.41) is 12.8. The number of aliphatic hydroxyl groups excluding tert-OH is 1. The van der Waals surface area contributed by atoms with E-state index in [1.807, 2.05) is 0 Å². The molecule has 1 aliphatic carbocycles. The van der Waals surface area contributed by atoms with Gasteiger partial charge in [0.1, 0.15) is 0 Å². The Morgan fingerprint density at radius 1 is 1.45 bits per heavy atom. The van der Waals surface area contributed by atoms with Gasteiger partial charge in [-0.3, -0.25) is 9.59 Å². The molecule has 3 atom stereocenters. The average Bonchev–Trinajstić information content (AvgIpc) is 2.80. The highest BCUT2D eigenvalue weighted by Gasteiger charge is 2.35. The molecule has 1 heterocycles. The molecule has 0 radical (unpaired) electrons. The Balaban J connectivity index is 1.82. The Morgan fingerprint density at radius 2 is 2.20 bits per heavy atom. The van der Waals surface area contributed by atoms with Crippen LogP contribution in [0, 0.1) is 5.92 Å². The molecule has 20 heavy (non-hydrogen) atoms. The third-order valence-electron chi connectivity index (χ3n) is 4.21. The molecular formula is C14H24N2O4. The van der Waals surface area contributed by atoms with Crippen LogP contribution in [0.25, 0.3) is 0 Å². The molecule has 1 unspecified atom stereocenters. The van der Waals surface area contributed by atoms with Gasteiger partial charge in [-0.1, -0.05) is 12.8 Å². The maximum atomic E-state index is 12.2. The molecule has 2 aliphatic rings. The summed E-state index contributed by atoms with van der Waals surface area (Å²) in [6, 6.07) is -0.153. The molecule has 0 aromatic rings. The van der Waals surface area contributed by atoms with Gasteiger partial charge >= 0.3 is 0 Å². The molecule has 2 rings (SSSR count). The molecule has 0 aromatic heterocycles. The van der Waals surface area contributed by atoms with E-state index in [9.17, 15) is 14.7 Å². The van der Waals surface area contributed by atoms with Gasteiger partial charge in [0.15, 0.2) is 0 Å². The van der Waals surface area contributed by atoms with E-state index < -0.39 is 6.10 Å². The highest BCUT2D eigenvalue weighted by atomic mass is 16.5. The van der Waals surface area contributed by atoms with Crippen LogP contribution in [0.2, 0.25) is 0 Å². The Bertz CT molecular complexity index is 361. The Labute approximate surface area is 119 Å². The minimum Gasteiger partial charge on any atom is -0.391 e. The summed E-state index contributed by atoms with van der Waals surface area (Å²) >= 11 is 0. The van der Waals surface area contributed by atoms with Gasteiger partial charge in [-0.25, -0.2) is 0 Å². The molecule has 0 aromatic carbocycles. The summed E-state index contributed by atoms with van der Waals surface area (Å²) in [5.74, 6) is -0.399. The normalized spacial score (nSPS) is 30.6. The fourth-order valence-electron chi connectivity index (χ4n) is 2.95. The van der Waals surface area contributed by atoms with Crippen molar-refractivity contribution in [2.75, 3.05) is 26.8 Å². The zero-order valence-corrected chi connectivity index (χ0v) is 12.0. The van der Waals surface area contributed by atoms with Crippen LogP contribution in [0.4, 0.5) is 0 Å². The summed E-state index contributed by atoms with van der Waals surface area (Å²) in [5.41, 5.74) is 0. The largest absolute Gasteiger partial charge is 0.391 e. The first-order valence-electron chi connectivity index (χ1n) is 7.37. The van der Waals surface area contributed by atoms with E-state index in [2.05, 4.69) is 5.32 Å². The van der Waals surface area contributed by atoms with Crippen LogP contribution in [0.1, 0.15) is 32.1 Å². The van der Waals surface area contributed by atoms with Crippen LogP contribution in [0.5, 0.6) is 0 Å². The number of aliphatic hydroxyl groups is 1. The van der Waals surface area contributed by atoms with Crippen molar-refractivity contribution in [2.45, 2.75) is 44.2 Å². The van der Waals surface area contributed by atoms with Crippen LogP contribution >= 0.6 is 0 Å². The smallest absolute Gasteiger partial charge is 0.225 e. The predicted octanol–water partition coefficient (Wildman–Crippen LogP) is -0.0990. The molecule has 6 heteroatoms. The minimum atomic E-state index is -0.450. The van der Waals surface area contributed by atoms with Crippen molar-refractivity contribution in [3.05, 3.63) is 0 Å². The average molecular weight is 284 g/mol. The molecule has 1 saturated carbocycles. The van der Waals surface area contributed by atoms with E-state index in [1.54, 1.807) is 12.0 Å². The lowest BCUT2D eigenvalue weighted by Crippen LogP contribution is -2.47. The van der Waals surface area contributed by atoms with Gasteiger partial charge in [-0.2, -0.15) is 0 Å². The molecule has 1 aliphatic heterocycles. The second-order valence-electron chi connectivity index (χ2n) is 5.70. The minimum absolute atomic E-state index is 0.00592. The molecule has 0 bridgehead atoms. The quantitative estimate of drug-likeness (QED) is 0.739.